The third kappa shape index (κ3) is 57.2. The Morgan fingerprint density at radius 1 is 0.329 bits per heavy atom. The van der Waals surface area contributed by atoms with Gasteiger partial charge in [-0.05, 0) is 37.5 Å². The van der Waals surface area contributed by atoms with Crippen LogP contribution in [0.25, 0.3) is 0 Å². The van der Waals surface area contributed by atoms with Crippen molar-refractivity contribution in [3.8, 4) is 0 Å². The van der Waals surface area contributed by atoms with Crippen LogP contribution in [0.1, 0.15) is 311 Å². The molecule has 0 saturated carbocycles. The summed E-state index contributed by atoms with van der Waals surface area (Å²) in [5.74, 6) is -0.692. The van der Waals surface area contributed by atoms with E-state index in [1.54, 1.807) is 0 Å². The third-order valence-corrected chi connectivity index (χ3v) is 16.4. The number of ether oxygens (including phenoxy) is 4. The number of phosphoric ester groups is 2. The minimum Gasteiger partial charge on any atom is -0.462 e. The highest BCUT2D eigenvalue weighted by Crippen LogP contribution is 2.45. The summed E-state index contributed by atoms with van der Waals surface area (Å²) in [6.07, 6.45) is 37.6. The predicted molar refractivity (Wildman–Crippen MR) is 326 cm³/mol. The molecular weight excluding hydrogens is 1090 g/mol. The van der Waals surface area contributed by atoms with Gasteiger partial charge in [0.25, 0.3) is 0 Å². The lowest BCUT2D eigenvalue weighted by atomic mass is 10.0. The summed E-state index contributed by atoms with van der Waals surface area (Å²) in [6.45, 7) is 9.39. The van der Waals surface area contributed by atoms with E-state index in [0.717, 1.165) is 102 Å². The maximum absolute atomic E-state index is 13.0. The number of esters is 4. The number of hydrogen-bond acceptors (Lipinski definition) is 15. The van der Waals surface area contributed by atoms with Gasteiger partial charge in [0, 0.05) is 25.7 Å². The van der Waals surface area contributed by atoms with Crippen molar-refractivity contribution in [3.05, 3.63) is 0 Å². The van der Waals surface area contributed by atoms with Gasteiger partial charge in [-0.25, -0.2) is 9.13 Å². The summed E-state index contributed by atoms with van der Waals surface area (Å²) in [5, 5.41) is 10.5. The standard InChI is InChI=1S/C63H122O17P2/c1-7-9-11-13-15-17-19-27-33-39-45-60(65)73-51-58(79-62(67)47-41-35-29-20-18-16-14-12-10-8-2)53-77-81(69,70)75-49-57(64)50-76-82(71,72)78-54-59(80-63(68)48-42-36-30-24-22-26-32-38-44-56(5)6)52-74-61(66)46-40-34-28-23-21-25-31-37-43-55(3)4/h55-59,64H,7-54H2,1-6H3,(H,69,70)(H,71,72)/t57-,58+,59+/m0/s1. The normalized spacial score (nSPS) is 14.3. The molecule has 0 saturated heterocycles. The molecule has 0 amide bonds. The van der Waals surface area contributed by atoms with E-state index in [-0.39, 0.29) is 25.7 Å². The zero-order chi connectivity index (χ0) is 60.8. The van der Waals surface area contributed by atoms with E-state index < -0.39 is 97.5 Å². The van der Waals surface area contributed by atoms with E-state index in [1.807, 2.05) is 0 Å². The van der Waals surface area contributed by atoms with Crippen molar-refractivity contribution in [2.24, 2.45) is 11.8 Å². The maximum atomic E-state index is 13.0. The highest BCUT2D eigenvalue weighted by molar-refractivity contribution is 7.47. The topological polar surface area (TPSA) is 237 Å². The molecule has 0 fully saturated rings. The lowest BCUT2D eigenvalue weighted by Crippen LogP contribution is -2.30. The summed E-state index contributed by atoms with van der Waals surface area (Å²) in [4.78, 5) is 72.1. The van der Waals surface area contributed by atoms with Gasteiger partial charge in [-0.2, -0.15) is 0 Å². The molecule has 0 spiro atoms. The maximum Gasteiger partial charge on any atom is 0.472 e. The van der Waals surface area contributed by atoms with E-state index in [0.29, 0.717) is 25.7 Å². The van der Waals surface area contributed by atoms with Crippen molar-refractivity contribution in [2.45, 2.75) is 330 Å². The minimum absolute atomic E-state index is 0.104. The lowest BCUT2D eigenvalue weighted by molar-refractivity contribution is -0.161. The van der Waals surface area contributed by atoms with E-state index in [2.05, 4.69) is 41.5 Å². The van der Waals surface area contributed by atoms with E-state index in [4.69, 9.17) is 37.0 Å². The summed E-state index contributed by atoms with van der Waals surface area (Å²) >= 11 is 0. The number of rotatable bonds is 62. The first-order valence-electron chi connectivity index (χ1n) is 33.0. The zero-order valence-corrected chi connectivity index (χ0v) is 54.6. The number of unbranched alkanes of at least 4 members (excludes halogenated alkanes) is 32. The van der Waals surface area contributed by atoms with Gasteiger partial charge in [0.05, 0.1) is 26.4 Å². The fraction of sp³-hybridized carbons (Fsp3) is 0.937. The highest BCUT2D eigenvalue weighted by atomic mass is 31.2. The second-order valence-electron chi connectivity index (χ2n) is 23.7. The van der Waals surface area contributed by atoms with Crippen LogP contribution < -0.4 is 0 Å². The molecular formula is C63H122O17P2. The first-order chi connectivity index (χ1) is 39.4. The van der Waals surface area contributed by atoms with Gasteiger partial charge in [0.1, 0.15) is 19.3 Å². The molecule has 2 unspecified atom stereocenters. The Morgan fingerprint density at radius 3 is 0.829 bits per heavy atom. The molecule has 486 valence electrons. The van der Waals surface area contributed by atoms with Crippen LogP contribution >= 0.6 is 15.6 Å². The van der Waals surface area contributed by atoms with E-state index >= 15 is 0 Å². The average molecular weight is 1210 g/mol. The molecule has 0 aliphatic rings. The molecule has 0 aromatic rings. The van der Waals surface area contributed by atoms with Gasteiger partial charge in [-0.15, -0.1) is 0 Å². The van der Waals surface area contributed by atoms with Crippen LogP contribution in [-0.2, 0) is 65.4 Å². The molecule has 19 heteroatoms. The van der Waals surface area contributed by atoms with Gasteiger partial charge in [0.15, 0.2) is 12.2 Å². The van der Waals surface area contributed by atoms with Crippen LogP contribution in [0.4, 0.5) is 0 Å². The Balaban J connectivity index is 5.24. The van der Waals surface area contributed by atoms with Crippen LogP contribution in [0.5, 0.6) is 0 Å². The molecule has 0 aromatic carbocycles. The Kier molecular flexibility index (Phi) is 54.3. The molecule has 0 heterocycles. The fourth-order valence-electron chi connectivity index (χ4n) is 9.35. The third-order valence-electron chi connectivity index (χ3n) is 14.5. The zero-order valence-electron chi connectivity index (χ0n) is 52.8. The number of hydrogen-bond donors (Lipinski definition) is 3. The van der Waals surface area contributed by atoms with E-state index in [9.17, 15) is 43.2 Å². The molecule has 17 nitrogen and oxygen atoms in total. The van der Waals surface area contributed by atoms with Crippen LogP contribution in [0.15, 0.2) is 0 Å². The molecule has 0 radical (unpaired) electrons. The fourth-order valence-corrected chi connectivity index (χ4v) is 10.9. The van der Waals surface area contributed by atoms with Gasteiger partial charge in [-0.3, -0.25) is 37.3 Å². The van der Waals surface area contributed by atoms with Crippen molar-refractivity contribution in [3.63, 3.8) is 0 Å². The minimum atomic E-state index is -4.94. The van der Waals surface area contributed by atoms with Crippen LogP contribution in [-0.4, -0.2) is 96.7 Å². The van der Waals surface area contributed by atoms with Gasteiger partial charge < -0.3 is 33.8 Å². The number of carbonyl (C=O) groups excluding carboxylic acids is 4. The highest BCUT2D eigenvalue weighted by Gasteiger charge is 2.30. The van der Waals surface area contributed by atoms with Gasteiger partial charge >= 0.3 is 39.5 Å². The predicted octanol–water partition coefficient (Wildman–Crippen LogP) is 17.3. The van der Waals surface area contributed by atoms with Gasteiger partial charge in [0.2, 0.25) is 0 Å². The van der Waals surface area contributed by atoms with Crippen LogP contribution in [0.2, 0.25) is 0 Å². The molecule has 0 aliphatic carbocycles. The first-order valence-corrected chi connectivity index (χ1v) is 36.0. The van der Waals surface area contributed by atoms with Crippen molar-refractivity contribution in [1.29, 1.82) is 0 Å². The van der Waals surface area contributed by atoms with E-state index in [1.165, 1.54) is 128 Å². The average Bonchev–Trinajstić information content (AvgIpc) is 3.45. The molecule has 0 rings (SSSR count). The second kappa shape index (κ2) is 55.6. The molecule has 0 aliphatic heterocycles. The van der Waals surface area contributed by atoms with Crippen LogP contribution in [0.3, 0.4) is 0 Å². The van der Waals surface area contributed by atoms with Crippen molar-refractivity contribution in [2.75, 3.05) is 39.6 Å². The van der Waals surface area contributed by atoms with Crippen molar-refractivity contribution < 1.29 is 80.2 Å². The summed E-state index contributed by atoms with van der Waals surface area (Å²) in [5.41, 5.74) is 0. The molecule has 0 bridgehead atoms. The largest absolute Gasteiger partial charge is 0.472 e. The number of aliphatic hydroxyl groups excluding tert-OH is 1. The number of aliphatic hydroxyl groups is 1. The molecule has 0 aromatic heterocycles. The first kappa shape index (κ1) is 80.1. The smallest absolute Gasteiger partial charge is 0.462 e. The van der Waals surface area contributed by atoms with Gasteiger partial charge in [-0.1, -0.05) is 260 Å². The Morgan fingerprint density at radius 2 is 0.561 bits per heavy atom. The Hall–Kier alpha value is -1.94. The monoisotopic (exact) mass is 1210 g/mol. The Bertz CT molecular complexity index is 1620. The quantitative estimate of drug-likeness (QED) is 0.0222. The lowest BCUT2D eigenvalue weighted by Gasteiger charge is -2.21. The summed E-state index contributed by atoms with van der Waals surface area (Å²) < 4.78 is 67.9. The molecule has 82 heavy (non-hydrogen) atoms. The molecule has 5 atom stereocenters. The summed E-state index contributed by atoms with van der Waals surface area (Å²) in [6, 6.07) is 0. The van der Waals surface area contributed by atoms with Crippen LogP contribution in [0, 0.1) is 11.8 Å². The Labute approximate surface area is 498 Å². The SMILES string of the molecule is CCCCCCCCCCCCC(=O)OC[C@H](COP(=O)(O)OC[C@H](O)COP(=O)(O)OC[C@@H](COC(=O)CCCCCCCCCCC(C)C)OC(=O)CCCCCCCCCCC(C)C)OC(=O)CCCCCCCCCCCC. The number of carbonyl (C=O) groups is 4. The molecule has 3 N–H and O–H groups in total. The second-order valence-corrected chi connectivity index (χ2v) is 26.7. The summed E-state index contributed by atoms with van der Waals surface area (Å²) in [7, 11) is -9.88. The van der Waals surface area contributed by atoms with Crippen molar-refractivity contribution >= 4 is 39.5 Å². The number of phosphoric acid groups is 2. The van der Waals surface area contributed by atoms with Crippen molar-refractivity contribution in [1.82, 2.24) is 0 Å².